The van der Waals surface area contributed by atoms with E-state index < -0.39 is 0 Å². The van der Waals surface area contributed by atoms with Crippen LogP contribution in [0.5, 0.6) is 0 Å². The summed E-state index contributed by atoms with van der Waals surface area (Å²) >= 11 is 1.36. The fraction of sp³-hybridized carbons (Fsp3) is 0.417. The Bertz CT molecular complexity index is 1110. The average molecular weight is 454 g/mol. The summed E-state index contributed by atoms with van der Waals surface area (Å²) in [5, 5.41) is 9.44. The Kier molecular flexibility index (Phi) is 7.56. The largest absolute Gasteiger partial charge is 0.372 e. The van der Waals surface area contributed by atoms with Crippen LogP contribution in [-0.4, -0.2) is 50.2 Å². The number of aromatic nitrogens is 4. The number of H-pyrrole nitrogens is 1. The van der Waals surface area contributed by atoms with E-state index in [2.05, 4.69) is 58.2 Å². The second-order valence-electron chi connectivity index (χ2n) is 7.66. The molecule has 0 fully saturated rings. The predicted octanol–water partition coefficient (Wildman–Crippen LogP) is 4.93. The van der Waals surface area contributed by atoms with Crippen molar-refractivity contribution in [2.75, 3.05) is 23.7 Å². The zero-order valence-corrected chi connectivity index (χ0v) is 20.5. The number of carbonyl (C=O) groups excluding carboxylic acids is 2. The van der Waals surface area contributed by atoms with Crippen LogP contribution in [0.4, 0.5) is 5.69 Å². The van der Waals surface area contributed by atoms with E-state index in [1.165, 1.54) is 24.4 Å². The summed E-state index contributed by atoms with van der Waals surface area (Å²) in [5.41, 5.74) is 4.72. The van der Waals surface area contributed by atoms with Crippen LogP contribution in [0.15, 0.2) is 29.4 Å². The molecular weight excluding hydrogens is 422 g/mol. The third-order valence-corrected chi connectivity index (χ3v) is 6.65. The monoisotopic (exact) mass is 453 g/mol. The van der Waals surface area contributed by atoms with Crippen molar-refractivity contribution in [3.05, 3.63) is 46.8 Å². The number of thioether (sulfide) groups is 1. The molecule has 0 radical (unpaired) electrons. The van der Waals surface area contributed by atoms with Crippen molar-refractivity contribution in [2.45, 2.75) is 53.2 Å². The summed E-state index contributed by atoms with van der Waals surface area (Å²) in [4.78, 5) is 30.1. The van der Waals surface area contributed by atoms with Gasteiger partial charge in [0.1, 0.15) is 0 Å². The van der Waals surface area contributed by atoms with Crippen molar-refractivity contribution in [3.8, 4) is 11.4 Å². The Morgan fingerprint density at radius 2 is 1.72 bits per heavy atom. The lowest BCUT2D eigenvalue weighted by Crippen LogP contribution is -2.21. The molecule has 2 aromatic heterocycles. The molecule has 3 rings (SSSR count). The SMILES string of the molecule is CCN(CC)c1ccc(-c2nnc(SCC(=O)c3[nH]c(C)c(C(C)=O)c3C)n2CC)cc1. The molecule has 1 N–H and O–H groups in total. The van der Waals surface area contributed by atoms with Crippen LogP contribution in [0.2, 0.25) is 0 Å². The Morgan fingerprint density at radius 3 is 2.25 bits per heavy atom. The number of carbonyl (C=O) groups is 2. The lowest BCUT2D eigenvalue weighted by Gasteiger charge is -2.21. The van der Waals surface area contributed by atoms with Gasteiger partial charge < -0.3 is 14.5 Å². The van der Waals surface area contributed by atoms with Crippen molar-refractivity contribution >= 4 is 29.0 Å². The van der Waals surface area contributed by atoms with Crippen LogP contribution in [-0.2, 0) is 6.54 Å². The second-order valence-corrected chi connectivity index (χ2v) is 8.61. The number of aryl methyl sites for hydroxylation is 1. The zero-order chi connectivity index (χ0) is 23.4. The first-order valence-corrected chi connectivity index (χ1v) is 11.9. The number of benzene rings is 1. The topological polar surface area (TPSA) is 83.9 Å². The normalized spacial score (nSPS) is 11.1. The standard InChI is InChI=1S/C24H31N5O2S/c1-7-28(8-2)19-12-10-18(11-13-19)23-26-27-24(29(23)9-3)32-14-20(31)22-15(4)21(17(6)30)16(5)25-22/h10-13,25H,7-9,14H2,1-6H3. The Labute approximate surface area is 193 Å². The molecule has 2 heterocycles. The van der Waals surface area contributed by atoms with Gasteiger partial charge in [-0.3, -0.25) is 9.59 Å². The van der Waals surface area contributed by atoms with E-state index >= 15 is 0 Å². The summed E-state index contributed by atoms with van der Waals surface area (Å²) < 4.78 is 2.03. The highest BCUT2D eigenvalue weighted by Gasteiger charge is 2.21. The molecule has 170 valence electrons. The molecule has 0 spiro atoms. The first-order chi connectivity index (χ1) is 15.3. The quantitative estimate of drug-likeness (QED) is 0.346. The number of aromatic amines is 1. The molecule has 8 heteroatoms. The fourth-order valence-electron chi connectivity index (χ4n) is 4.06. The highest BCUT2D eigenvalue weighted by atomic mass is 32.2. The minimum Gasteiger partial charge on any atom is -0.372 e. The van der Waals surface area contributed by atoms with E-state index in [4.69, 9.17) is 0 Å². The summed E-state index contributed by atoms with van der Waals surface area (Å²) in [6.07, 6.45) is 0. The number of nitrogens with one attached hydrogen (secondary N) is 1. The van der Waals surface area contributed by atoms with Gasteiger partial charge in [0.05, 0.1) is 11.4 Å². The average Bonchev–Trinajstić information content (AvgIpc) is 3.33. The van der Waals surface area contributed by atoms with Gasteiger partial charge in [0.2, 0.25) is 0 Å². The summed E-state index contributed by atoms with van der Waals surface area (Å²) in [6, 6.07) is 8.35. The summed E-state index contributed by atoms with van der Waals surface area (Å²) in [6.45, 7) is 14.1. The second kappa shape index (κ2) is 10.2. The van der Waals surface area contributed by atoms with E-state index in [0.717, 1.165) is 30.2 Å². The first-order valence-electron chi connectivity index (χ1n) is 11.0. The number of rotatable bonds is 10. The first kappa shape index (κ1) is 23.8. The third kappa shape index (κ3) is 4.65. The van der Waals surface area contributed by atoms with Gasteiger partial charge in [0, 0.05) is 42.1 Å². The molecule has 32 heavy (non-hydrogen) atoms. The molecule has 0 atom stereocenters. The van der Waals surface area contributed by atoms with Crippen LogP contribution in [0, 0.1) is 13.8 Å². The molecule has 0 saturated carbocycles. The Hall–Kier alpha value is -2.87. The number of hydrogen-bond acceptors (Lipinski definition) is 6. The molecule has 7 nitrogen and oxygen atoms in total. The minimum atomic E-state index is -0.0566. The highest BCUT2D eigenvalue weighted by Crippen LogP contribution is 2.27. The lowest BCUT2D eigenvalue weighted by atomic mass is 10.1. The smallest absolute Gasteiger partial charge is 0.191 e. The van der Waals surface area contributed by atoms with E-state index in [0.29, 0.717) is 28.5 Å². The van der Waals surface area contributed by atoms with Gasteiger partial charge in [-0.2, -0.15) is 0 Å². The molecule has 0 aliphatic carbocycles. The van der Waals surface area contributed by atoms with Gasteiger partial charge in [0.15, 0.2) is 22.5 Å². The van der Waals surface area contributed by atoms with Gasteiger partial charge in [0.25, 0.3) is 0 Å². The van der Waals surface area contributed by atoms with Crippen LogP contribution < -0.4 is 4.90 Å². The number of hydrogen-bond donors (Lipinski definition) is 1. The van der Waals surface area contributed by atoms with E-state index in [9.17, 15) is 9.59 Å². The van der Waals surface area contributed by atoms with Crippen LogP contribution in [0.25, 0.3) is 11.4 Å². The van der Waals surface area contributed by atoms with Gasteiger partial charge in [-0.15, -0.1) is 10.2 Å². The van der Waals surface area contributed by atoms with Crippen molar-refractivity contribution in [1.29, 1.82) is 0 Å². The lowest BCUT2D eigenvalue weighted by molar-refractivity contribution is 0.101. The van der Waals surface area contributed by atoms with Crippen molar-refractivity contribution in [2.24, 2.45) is 0 Å². The number of ketones is 2. The fourth-order valence-corrected chi connectivity index (χ4v) is 4.94. The van der Waals surface area contributed by atoms with Crippen LogP contribution >= 0.6 is 11.8 Å². The predicted molar refractivity (Wildman–Crippen MR) is 130 cm³/mol. The number of nitrogens with zero attached hydrogens (tertiary/aromatic N) is 4. The Morgan fingerprint density at radius 1 is 1.06 bits per heavy atom. The van der Waals surface area contributed by atoms with E-state index in [1.807, 2.05) is 25.3 Å². The molecule has 0 aliphatic rings. The Balaban J connectivity index is 1.78. The van der Waals surface area contributed by atoms with Crippen LogP contribution in [0.3, 0.4) is 0 Å². The molecule has 0 bridgehead atoms. The highest BCUT2D eigenvalue weighted by molar-refractivity contribution is 7.99. The number of Topliss-reactive ketones (excluding diaryl/α,β-unsaturated/α-hetero) is 2. The van der Waals surface area contributed by atoms with E-state index in [-0.39, 0.29) is 17.3 Å². The van der Waals surface area contributed by atoms with Gasteiger partial charge >= 0.3 is 0 Å². The molecule has 0 amide bonds. The molecule has 0 saturated heterocycles. The van der Waals surface area contributed by atoms with Crippen molar-refractivity contribution in [3.63, 3.8) is 0 Å². The summed E-state index contributed by atoms with van der Waals surface area (Å²) in [7, 11) is 0. The van der Waals surface area contributed by atoms with Gasteiger partial charge in [-0.1, -0.05) is 11.8 Å². The van der Waals surface area contributed by atoms with Crippen LogP contribution in [0.1, 0.15) is 59.8 Å². The molecular formula is C24H31N5O2S. The third-order valence-electron chi connectivity index (χ3n) is 5.69. The maximum Gasteiger partial charge on any atom is 0.191 e. The maximum atomic E-state index is 12.8. The maximum absolute atomic E-state index is 12.8. The minimum absolute atomic E-state index is 0.0367. The number of anilines is 1. The molecule has 3 aromatic rings. The van der Waals surface area contributed by atoms with Gasteiger partial charge in [-0.25, -0.2) is 0 Å². The van der Waals surface area contributed by atoms with Gasteiger partial charge in [-0.05, 0) is 71.4 Å². The summed E-state index contributed by atoms with van der Waals surface area (Å²) in [5.74, 6) is 0.917. The zero-order valence-electron chi connectivity index (χ0n) is 19.7. The molecule has 0 aliphatic heterocycles. The van der Waals surface area contributed by atoms with Crippen molar-refractivity contribution in [1.82, 2.24) is 19.7 Å². The van der Waals surface area contributed by atoms with E-state index in [1.54, 1.807) is 0 Å². The molecule has 0 unspecified atom stereocenters. The van der Waals surface area contributed by atoms with Crippen molar-refractivity contribution < 1.29 is 9.59 Å². The molecule has 1 aromatic carbocycles.